The van der Waals surface area contributed by atoms with Crippen LogP contribution in [0, 0.1) is 0 Å². The number of hydrazine groups is 2. The first-order valence-electron chi connectivity index (χ1n) is 6.55. The molecule has 1 aliphatic rings. The standard InChI is InChI=1S/C14H17N5O2/c1-2-11(7-8-13-16-18-19-17-13)15-14(21)12-6-4-3-5-10(12)9-20/h2-6,9,11,18-19H,1,7-8H2,(H,15,21)(H,16,17). The van der Waals surface area contributed by atoms with Crippen molar-refractivity contribution in [2.24, 2.45) is 5.10 Å². The van der Waals surface area contributed by atoms with Gasteiger partial charge < -0.3 is 5.32 Å². The van der Waals surface area contributed by atoms with Gasteiger partial charge in [0, 0.05) is 23.6 Å². The van der Waals surface area contributed by atoms with E-state index in [1.54, 1.807) is 30.3 Å². The molecule has 1 aliphatic heterocycles. The Hall–Kier alpha value is -2.67. The van der Waals surface area contributed by atoms with Crippen LogP contribution in [0.2, 0.25) is 0 Å². The van der Waals surface area contributed by atoms with E-state index in [-0.39, 0.29) is 11.9 Å². The molecule has 1 aromatic rings. The third-order valence-electron chi connectivity index (χ3n) is 3.08. The number of carbonyl (C=O) groups excluding carboxylic acids is 2. The summed E-state index contributed by atoms with van der Waals surface area (Å²) in [6.45, 7) is 3.72. The highest BCUT2D eigenvalue weighted by Gasteiger charge is 2.15. The van der Waals surface area contributed by atoms with Gasteiger partial charge in [0.1, 0.15) is 5.84 Å². The van der Waals surface area contributed by atoms with Crippen LogP contribution in [0.25, 0.3) is 0 Å². The van der Waals surface area contributed by atoms with Gasteiger partial charge in [0.2, 0.25) is 0 Å². The van der Waals surface area contributed by atoms with Gasteiger partial charge in [-0.1, -0.05) is 24.3 Å². The van der Waals surface area contributed by atoms with Crippen molar-refractivity contribution in [3.8, 4) is 0 Å². The molecule has 0 bridgehead atoms. The van der Waals surface area contributed by atoms with Gasteiger partial charge in [0.15, 0.2) is 6.29 Å². The van der Waals surface area contributed by atoms with Crippen molar-refractivity contribution in [2.75, 3.05) is 0 Å². The van der Waals surface area contributed by atoms with Gasteiger partial charge in [-0.05, 0) is 12.5 Å². The van der Waals surface area contributed by atoms with E-state index < -0.39 is 0 Å². The van der Waals surface area contributed by atoms with Gasteiger partial charge in [-0.15, -0.1) is 17.2 Å². The first-order chi connectivity index (χ1) is 10.2. The molecule has 1 atom stereocenters. The normalized spacial score (nSPS) is 14.4. The molecule has 110 valence electrons. The summed E-state index contributed by atoms with van der Waals surface area (Å²) in [5.74, 6) is 0.463. The summed E-state index contributed by atoms with van der Waals surface area (Å²) in [5.41, 5.74) is 8.77. The van der Waals surface area contributed by atoms with Crippen molar-refractivity contribution in [1.82, 2.24) is 21.8 Å². The Morgan fingerprint density at radius 3 is 2.90 bits per heavy atom. The summed E-state index contributed by atoms with van der Waals surface area (Å²) in [6, 6.07) is 6.46. The lowest BCUT2D eigenvalue weighted by Gasteiger charge is -2.15. The zero-order chi connectivity index (χ0) is 15.1. The van der Waals surface area contributed by atoms with Crippen LogP contribution in [-0.4, -0.2) is 24.1 Å². The van der Waals surface area contributed by atoms with Gasteiger partial charge in [0.05, 0.1) is 0 Å². The Labute approximate surface area is 122 Å². The van der Waals surface area contributed by atoms with Crippen LogP contribution in [0.4, 0.5) is 0 Å². The fourth-order valence-corrected chi connectivity index (χ4v) is 1.94. The number of hydrogen-bond donors (Lipinski definition) is 4. The van der Waals surface area contributed by atoms with Crippen LogP contribution in [-0.2, 0) is 0 Å². The molecule has 21 heavy (non-hydrogen) atoms. The molecule has 0 fully saturated rings. The Kier molecular flexibility index (Phi) is 5.05. The first-order valence-corrected chi connectivity index (χ1v) is 6.55. The summed E-state index contributed by atoms with van der Waals surface area (Å²) in [5, 5.41) is 6.80. The van der Waals surface area contributed by atoms with Crippen LogP contribution in [0.5, 0.6) is 0 Å². The number of hydrazone groups is 1. The Morgan fingerprint density at radius 2 is 2.24 bits per heavy atom. The molecule has 1 unspecified atom stereocenters. The second-order valence-corrected chi connectivity index (χ2v) is 4.48. The molecule has 7 heteroatoms. The minimum atomic E-state index is -0.292. The molecule has 0 aliphatic carbocycles. The van der Waals surface area contributed by atoms with E-state index in [0.29, 0.717) is 30.3 Å². The molecular formula is C14H17N5O2. The number of benzene rings is 1. The van der Waals surface area contributed by atoms with Crippen molar-refractivity contribution in [1.29, 1.82) is 0 Å². The van der Waals surface area contributed by atoms with Crippen molar-refractivity contribution in [3.63, 3.8) is 0 Å². The SMILES string of the molecule is C=CC(CCC1=NNNN1)NC(=O)c1ccccc1C=O. The summed E-state index contributed by atoms with van der Waals surface area (Å²) < 4.78 is 0. The molecule has 7 nitrogen and oxygen atoms in total. The van der Waals surface area contributed by atoms with E-state index in [9.17, 15) is 9.59 Å². The van der Waals surface area contributed by atoms with Crippen LogP contribution in [0.3, 0.4) is 0 Å². The number of nitrogens with zero attached hydrogens (tertiary/aromatic N) is 1. The molecule has 2 rings (SSSR count). The summed E-state index contributed by atoms with van der Waals surface area (Å²) in [7, 11) is 0. The molecule has 1 heterocycles. The Morgan fingerprint density at radius 1 is 1.43 bits per heavy atom. The van der Waals surface area contributed by atoms with Gasteiger partial charge >= 0.3 is 0 Å². The van der Waals surface area contributed by atoms with Crippen LogP contribution < -0.4 is 21.8 Å². The number of aldehydes is 1. The minimum Gasteiger partial charge on any atom is -0.346 e. The highest BCUT2D eigenvalue weighted by molar-refractivity contribution is 6.01. The zero-order valence-corrected chi connectivity index (χ0v) is 11.4. The smallest absolute Gasteiger partial charge is 0.252 e. The monoisotopic (exact) mass is 287 g/mol. The highest BCUT2D eigenvalue weighted by atomic mass is 16.2. The van der Waals surface area contributed by atoms with E-state index in [1.807, 2.05) is 0 Å². The number of carbonyl (C=O) groups is 2. The number of amides is 1. The Balaban J connectivity index is 1.95. The predicted molar refractivity (Wildman–Crippen MR) is 79.4 cm³/mol. The third-order valence-corrected chi connectivity index (χ3v) is 3.08. The summed E-state index contributed by atoms with van der Waals surface area (Å²) in [4.78, 5) is 23.2. The van der Waals surface area contributed by atoms with Gasteiger partial charge in [-0.3, -0.25) is 15.0 Å². The van der Waals surface area contributed by atoms with E-state index in [0.717, 1.165) is 5.84 Å². The zero-order valence-electron chi connectivity index (χ0n) is 11.4. The quantitative estimate of drug-likeness (QED) is 0.432. The molecule has 1 aromatic carbocycles. The van der Waals surface area contributed by atoms with E-state index in [4.69, 9.17) is 0 Å². The largest absolute Gasteiger partial charge is 0.346 e. The van der Waals surface area contributed by atoms with Crippen molar-refractivity contribution in [3.05, 3.63) is 48.0 Å². The van der Waals surface area contributed by atoms with Gasteiger partial charge in [0.25, 0.3) is 5.91 Å². The third kappa shape index (κ3) is 3.90. The van der Waals surface area contributed by atoms with Crippen molar-refractivity contribution in [2.45, 2.75) is 18.9 Å². The number of rotatable bonds is 7. The number of hydrogen-bond acceptors (Lipinski definition) is 6. The molecular weight excluding hydrogens is 270 g/mol. The van der Waals surface area contributed by atoms with Crippen molar-refractivity contribution >= 4 is 18.0 Å². The average Bonchev–Trinajstić information content (AvgIpc) is 3.04. The van der Waals surface area contributed by atoms with Crippen LogP contribution in [0.15, 0.2) is 42.0 Å². The lowest BCUT2D eigenvalue weighted by atomic mass is 10.1. The predicted octanol–water partition coefficient (Wildman–Crippen LogP) is 0.490. The minimum absolute atomic E-state index is 0.206. The lowest BCUT2D eigenvalue weighted by molar-refractivity contribution is 0.0938. The number of nitrogens with one attached hydrogen (secondary N) is 4. The molecule has 1 amide bonds. The molecule has 0 radical (unpaired) electrons. The molecule has 4 N–H and O–H groups in total. The van der Waals surface area contributed by atoms with Crippen LogP contribution in [0.1, 0.15) is 33.6 Å². The molecule has 0 spiro atoms. The fraction of sp³-hybridized carbons (Fsp3) is 0.214. The Bertz CT molecular complexity index is 570. The highest BCUT2D eigenvalue weighted by Crippen LogP contribution is 2.08. The average molecular weight is 287 g/mol. The van der Waals surface area contributed by atoms with E-state index in [1.165, 1.54) is 0 Å². The van der Waals surface area contributed by atoms with Crippen LogP contribution >= 0.6 is 0 Å². The summed E-state index contributed by atoms with van der Waals surface area (Å²) in [6.07, 6.45) is 3.63. The fourth-order valence-electron chi connectivity index (χ4n) is 1.94. The van der Waals surface area contributed by atoms with E-state index >= 15 is 0 Å². The molecule has 0 aromatic heterocycles. The maximum atomic E-state index is 12.2. The lowest BCUT2D eigenvalue weighted by Crippen LogP contribution is -2.37. The first kappa shape index (κ1) is 14.7. The molecule has 0 saturated heterocycles. The maximum Gasteiger partial charge on any atom is 0.252 e. The van der Waals surface area contributed by atoms with E-state index in [2.05, 4.69) is 33.5 Å². The second-order valence-electron chi connectivity index (χ2n) is 4.48. The van der Waals surface area contributed by atoms with Gasteiger partial charge in [-0.25, -0.2) is 5.53 Å². The maximum absolute atomic E-state index is 12.2. The topological polar surface area (TPSA) is 94.6 Å². The second kappa shape index (κ2) is 7.20. The van der Waals surface area contributed by atoms with Gasteiger partial charge in [-0.2, -0.15) is 0 Å². The molecule has 0 saturated carbocycles. The summed E-state index contributed by atoms with van der Waals surface area (Å²) >= 11 is 0. The van der Waals surface area contributed by atoms with Crippen molar-refractivity contribution < 1.29 is 9.59 Å². The number of amidine groups is 1.